The molecule has 5 heteroatoms. The second kappa shape index (κ2) is 8.69. The van der Waals surface area contributed by atoms with Gasteiger partial charge in [0, 0.05) is 6.42 Å². The third-order valence-electron chi connectivity index (χ3n) is 5.73. The summed E-state index contributed by atoms with van der Waals surface area (Å²) in [6, 6.07) is 20.1. The van der Waals surface area contributed by atoms with Crippen LogP contribution in [0.4, 0.5) is 0 Å². The van der Waals surface area contributed by atoms with Gasteiger partial charge >= 0.3 is 5.97 Å². The highest BCUT2D eigenvalue weighted by Crippen LogP contribution is 2.43. The van der Waals surface area contributed by atoms with Crippen molar-refractivity contribution in [1.82, 2.24) is 4.57 Å². The predicted molar refractivity (Wildman–Crippen MR) is 108 cm³/mol. The fraction of sp³-hybridized carbons (Fsp3) is 0.333. The lowest BCUT2D eigenvalue weighted by Gasteiger charge is -2.26. The van der Waals surface area contributed by atoms with Crippen molar-refractivity contribution < 1.29 is 38.1 Å². The van der Waals surface area contributed by atoms with Gasteiger partial charge in [-0.25, -0.2) is 9.13 Å². The van der Waals surface area contributed by atoms with E-state index in [1.54, 1.807) is 0 Å². The van der Waals surface area contributed by atoms with E-state index in [1.165, 1.54) is 5.82 Å². The van der Waals surface area contributed by atoms with Crippen molar-refractivity contribution in [2.75, 3.05) is 0 Å². The number of ether oxygens (including phenoxy) is 1. The van der Waals surface area contributed by atoms with E-state index in [0.29, 0.717) is 18.9 Å². The number of aromatic nitrogens is 2. The quantitative estimate of drug-likeness (QED) is 0.293. The molecule has 0 bridgehead atoms. The van der Waals surface area contributed by atoms with Gasteiger partial charge in [0.15, 0.2) is 0 Å². The first-order valence-corrected chi connectivity index (χ1v) is 9.89. The number of carbonyl (C=O) groups excluding carboxylic acids is 1. The molecular weight excluding hydrogens is 475 g/mol. The van der Waals surface area contributed by atoms with Crippen molar-refractivity contribution in [2.24, 2.45) is 7.05 Å². The number of imidazole rings is 1. The van der Waals surface area contributed by atoms with Gasteiger partial charge in [0.1, 0.15) is 30.5 Å². The lowest BCUT2D eigenvalue weighted by molar-refractivity contribution is -0.680. The van der Waals surface area contributed by atoms with Gasteiger partial charge < -0.3 is 28.7 Å². The van der Waals surface area contributed by atoms with E-state index in [4.69, 9.17) is 4.74 Å². The fourth-order valence-electron chi connectivity index (χ4n) is 4.55. The Hall–Kier alpha value is -2.15. The zero-order valence-corrected chi connectivity index (χ0v) is 19.2. The summed E-state index contributed by atoms with van der Waals surface area (Å²) in [5.74, 6) is 1.47. The van der Waals surface area contributed by atoms with E-state index in [1.807, 2.05) is 60.7 Å². The number of cyclic esters (lactones) is 1. The molecule has 1 atom stereocenters. The Morgan fingerprint density at radius 3 is 2.14 bits per heavy atom. The average molecular weight is 502 g/mol. The maximum absolute atomic E-state index is 13.3. The summed E-state index contributed by atoms with van der Waals surface area (Å²) in [5, 5.41) is 0. The van der Waals surface area contributed by atoms with Crippen LogP contribution in [0, 0.1) is 0 Å². The lowest BCUT2D eigenvalue weighted by atomic mass is 9.72. The van der Waals surface area contributed by atoms with E-state index in [0.717, 1.165) is 11.1 Å². The van der Waals surface area contributed by atoms with Crippen LogP contribution in [0.2, 0.25) is 0 Å². The van der Waals surface area contributed by atoms with Crippen LogP contribution in [-0.4, -0.2) is 16.6 Å². The van der Waals surface area contributed by atoms with Gasteiger partial charge in [-0.3, -0.25) is 4.79 Å². The zero-order valence-electron chi connectivity index (χ0n) is 17.1. The summed E-state index contributed by atoms with van der Waals surface area (Å²) in [4.78, 5) is 13.3. The molecule has 2 aromatic carbocycles. The van der Waals surface area contributed by atoms with Gasteiger partial charge in [-0.05, 0) is 11.1 Å². The third kappa shape index (κ3) is 3.84. The van der Waals surface area contributed by atoms with Crippen LogP contribution in [0.15, 0.2) is 73.1 Å². The van der Waals surface area contributed by atoms with E-state index in [-0.39, 0.29) is 36.0 Å². The molecule has 4 rings (SSSR count). The van der Waals surface area contributed by atoms with E-state index < -0.39 is 5.41 Å². The molecule has 1 aliphatic heterocycles. The summed E-state index contributed by atoms with van der Waals surface area (Å²) in [6.45, 7) is 5.04. The van der Waals surface area contributed by atoms with Crippen LogP contribution >= 0.6 is 0 Å². The number of nitrogens with zero attached hydrogens (tertiary/aromatic N) is 2. The molecular formula is C24H27IN2O2. The smallest absolute Gasteiger partial charge is 0.321 e. The summed E-state index contributed by atoms with van der Waals surface area (Å²) >= 11 is 0. The Morgan fingerprint density at radius 1 is 1.07 bits per heavy atom. The highest BCUT2D eigenvalue weighted by Gasteiger charge is 2.52. The van der Waals surface area contributed by atoms with Crippen molar-refractivity contribution in [3.05, 3.63) is 90.0 Å². The minimum absolute atomic E-state index is 0. The molecule has 1 aliphatic rings. The van der Waals surface area contributed by atoms with Gasteiger partial charge in [0.25, 0.3) is 5.82 Å². The second-order valence-corrected chi connectivity index (χ2v) is 7.94. The molecule has 0 spiro atoms. The molecule has 0 aliphatic carbocycles. The second-order valence-electron chi connectivity index (χ2n) is 7.94. The molecule has 4 nitrogen and oxygen atoms in total. The lowest BCUT2D eigenvalue weighted by Crippen LogP contribution is -3.00. The zero-order chi connectivity index (χ0) is 19.7. The van der Waals surface area contributed by atoms with Gasteiger partial charge in [-0.2, -0.15) is 0 Å². The van der Waals surface area contributed by atoms with Crippen LogP contribution in [-0.2, 0) is 28.5 Å². The highest BCUT2D eigenvalue weighted by molar-refractivity contribution is 5.89. The third-order valence-corrected chi connectivity index (χ3v) is 5.73. The van der Waals surface area contributed by atoms with Crippen molar-refractivity contribution in [1.29, 1.82) is 0 Å². The van der Waals surface area contributed by atoms with E-state index >= 15 is 0 Å². The standard InChI is InChI=1S/C24H27N2O2.HI/c1-18(2)22-25(3)14-15-26(22)17-21-16-24(23(27)28-21,19-10-6-4-7-11-19)20-12-8-5-9-13-20;/h4-15,18,21H,16-17H2,1-3H3;1H/q+1;/p-1. The van der Waals surface area contributed by atoms with Crippen molar-refractivity contribution >= 4 is 5.97 Å². The highest BCUT2D eigenvalue weighted by atomic mass is 127. The summed E-state index contributed by atoms with van der Waals surface area (Å²) < 4.78 is 10.3. The van der Waals surface area contributed by atoms with Gasteiger partial charge in [-0.15, -0.1) is 0 Å². The molecule has 152 valence electrons. The normalized spacial score (nSPS) is 17.8. The minimum atomic E-state index is -0.749. The number of carbonyl (C=O) groups is 1. The number of aryl methyl sites for hydroxylation is 1. The number of halogens is 1. The summed E-state index contributed by atoms with van der Waals surface area (Å²) in [7, 11) is 2.06. The summed E-state index contributed by atoms with van der Waals surface area (Å²) in [6.07, 6.45) is 4.61. The first-order chi connectivity index (χ1) is 13.5. The molecule has 1 saturated heterocycles. The molecule has 1 unspecified atom stereocenters. The Bertz CT molecular complexity index is 928. The molecule has 29 heavy (non-hydrogen) atoms. The van der Waals surface area contributed by atoms with Crippen LogP contribution in [0.5, 0.6) is 0 Å². The Labute approximate surface area is 189 Å². The maximum atomic E-state index is 13.3. The molecule has 3 aromatic rings. The number of hydrogen-bond acceptors (Lipinski definition) is 2. The Morgan fingerprint density at radius 2 is 1.62 bits per heavy atom. The monoisotopic (exact) mass is 502 g/mol. The van der Waals surface area contributed by atoms with Crippen molar-refractivity contribution in [2.45, 2.75) is 44.2 Å². The fourth-order valence-corrected chi connectivity index (χ4v) is 4.55. The van der Waals surface area contributed by atoms with Gasteiger partial charge in [0.05, 0.1) is 13.0 Å². The predicted octanol–water partition coefficient (Wildman–Crippen LogP) is 0.742. The molecule has 0 amide bonds. The van der Waals surface area contributed by atoms with E-state index in [2.05, 4.69) is 42.4 Å². The largest absolute Gasteiger partial charge is 1.00 e. The first kappa shape index (κ1) is 21.6. The minimum Gasteiger partial charge on any atom is -1.00 e. The maximum Gasteiger partial charge on any atom is 0.321 e. The molecule has 0 N–H and O–H groups in total. The Kier molecular flexibility index (Phi) is 6.46. The number of benzene rings is 2. The molecule has 1 fully saturated rings. The van der Waals surface area contributed by atoms with Crippen LogP contribution in [0.25, 0.3) is 0 Å². The number of esters is 1. The van der Waals surface area contributed by atoms with Gasteiger partial charge in [0.2, 0.25) is 0 Å². The molecule has 1 aromatic heterocycles. The first-order valence-electron chi connectivity index (χ1n) is 9.89. The molecule has 0 saturated carbocycles. The molecule has 0 radical (unpaired) electrons. The summed E-state index contributed by atoms with van der Waals surface area (Å²) in [5.41, 5.74) is 1.24. The number of rotatable bonds is 5. The van der Waals surface area contributed by atoms with Crippen LogP contribution < -0.4 is 28.5 Å². The van der Waals surface area contributed by atoms with Crippen LogP contribution in [0.1, 0.15) is 43.1 Å². The average Bonchev–Trinajstić information content (AvgIpc) is 3.23. The van der Waals surface area contributed by atoms with Gasteiger partial charge in [-0.1, -0.05) is 74.5 Å². The number of hydrogen-bond donors (Lipinski definition) is 0. The SMILES string of the molecule is CC(C)c1n(CC2CC(c3ccccc3)(c3ccccc3)C(=O)O2)cc[n+]1C.[I-]. The topological polar surface area (TPSA) is 35.1 Å². The van der Waals surface area contributed by atoms with Crippen LogP contribution in [0.3, 0.4) is 0 Å². The van der Waals surface area contributed by atoms with Crippen molar-refractivity contribution in [3.8, 4) is 0 Å². The Balaban J connectivity index is 0.00000240. The van der Waals surface area contributed by atoms with E-state index in [9.17, 15) is 4.79 Å². The molecule has 2 heterocycles. The van der Waals surface area contributed by atoms with Crippen molar-refractivity contribution in [3.63, 3.8) is 0 Å².